The molecule has 0 unspecified atom stereocenters. The molecule has 0 saturated heterocycles. The van der Waals surface area contributed by atoms with Crippen LogP contribution in [0.2, 0.25) is 0 Å². The topological polar surface area (TPSA) is 38.0 Å². The van der Waals surface area contributed by atoms with Crippen molar-refractivity contribution in [1.29, 1.82) is 0 Å². The molecule has 0 bridgehead atoms. The number of rotatable bonds is 3. The standard InChI is InChI=1S/C11H14N2/c1-3-6-10(12)11-9(4-2)7-5-8-13-11/h3-7,13H,1-2,8,12H2/b10-6-. The summed E-state index contributed by atoms with van der Waals surface area (Å²) in [5.74, 6) is 0. The van der Waals surface area contributed by atoms with E-state index in [4.69, 9.17) is 5.73 Å². The zero-order chi connectivity index (χ0) is 9.68. The summed E-state index contributed by atoms with van der Waals surface area (Å²) in [5, 5.41) is 3.19. The Morgan fingerprint density at radius 2 is 2.31 bits per heavy atom. The van der Waals surface area contributed by atoms with E-state index in [1.54, 1.807) is 18.2 Å². The van der Waals surface area contributed by atoms with Crippen molar-refractivity contribution in [2.45, 2.75) is 0 Å². The summed E-state index contributed by atoms with van der Waals surface area (Å²) in [6.07, 6.45) is 9.25. The lowest BCUT2D eigenvalue weighted by molar-refractivity contribution is 0.883. The minimum atomic E-state index is 0.689. The molecule has 0 saturated carbocycles. The molecule has 0 aromatic heterocycles. The van der Waals surface area contributed by atoms with E-state index >= 15 is 0 Å². The smallest absolute Gasteiger partial charge is 0.0649 e. The SMILES string of the molecule is C=C/C=C(\N)C1=C(C=C)C=CCN1. The third-order valence-corrected chi connectivity index (χ3v) is 1.79. The Labute approximate surface area is 78.8 Å². The molecule has 0 aromatic carbocycles. The van der Waals surface area contributed by atoms with E-state index in [0.717, 1.165) is 17.8 Å². The molecule has 0 aliphatic carbocycles. The Bertz CT molecular complexity index is 306. The molecule has 0 amide bonds. The van der Waals surface area contributed by atoms with Gasteiger partial charge in [0.1, 0.15) is 0 Å². The van der Waals surface area contributed by atoms with E-state index in [2.05, 4.69) is 18.5 Å². The number of nitrogens with two attached hydrogens (primary N) is 1. The van der Waals surface area contributed by atoms with Crippen molar-refractivity contribution < 1.29 is 0 Å². The normalized spacial score (nSPS) is 16.8. The zero-order valence-corrected chi connectivity index (χ0v) is 7.59. The average Bonchev–Trinajstić information content (AvgIpc) is 2.18. The second-order valence-electron chi connectivity index (χ2n) is 2.68. The molecule has 0 spiro atoms. The Hall–Kier alpha value is -1.70. The minimum Gasteiger partial charge on any atom is -0.397 e. The Kier molecular flexibility index (Phi) is 3.15. The highest BCUT2D eigenvalue weighted by Gasteiger charge is 2.06. The summed E-state index contributed by atoms with van der Waals surface area (Å²) in [6, 6.07) is 0. The first-order valence-corrected chi connectivity index (χ1v) is 4.15. The Morgan fingerprint density at radius 1 is 1.54 bits per heavy atom. The molecular formula is C11H14N2. The second-order valence-corrected chi connectivity index (χ2v) is 2.68. The van der Waals surface area contributed by atoms with Crippen LogP contribution in [0.15, 0.2) is 60.5 Å². The first-order valence-electron chi connectivity index (χ1n) is 4.15. The molecule has 1 heterocycles. The van der Waals surface area contributed by atoms with Gasteiger partial charge in [0.25, 0.3) is 0 Å². The molecule has 1 rings (SSSR count). The maximum atomic E-state index is 5.81. The molecule has 0 fully saturated rings. The molecule has 1 aliphatic heterocycles. The molecule has 2 heteroatoms. The van der Waals surface area contributed by atoms with Crippen molar-refractivity contribution >= 4 is 0 Å². The van der Waals surface area contributed by atoms with E-state index in [1.807, 2.05) is 12.2 Å². The molecule has 1 aliphatic rings. The van der Waals surface area contributed by atoms with Gasteiger partial charge in [-0.25, -0.2) is 0 Å². The number of allylic oxidation sites excluding steroid dienone is 5. The summed E-state index contributed by atoms with van der Waals surface area (Å²) in [6.45, 7) is 8.12. The van der Waals surface area contributed by atoms with Crippen LogP contribution in [0, 0.1) is 0 Å². The lowest BCUT2D eigenvalue weighted by atomic mass is 10.1. The molecule has 68 valence electrons. The number of dihydropyridines is 1. The summed E-state index contributed by atoms with van der Waals surface area (Å²) in [7, 11) is 0. The van der Waals surface area contributed by atoms with Gasteiger partial charge in [-0.3, -0.25) is 0 Å². The maximum absolute atomic E-state index is 5.81. The van der Waals surface area contributed by atoms with Gasteiger partial charge in [-0.1, -0.05) is 37.5 Å². The zero-order valence-electron chi connectivity index (χ0n) is 7.59. The van der Waals surface area contributed by atoms with Gasteiger partial charge in [-0.05, 0) is 11.6 Å². The fraction of sp³-hybridized carbons (Fsp3) is 0.0909. The van der Waals surface area contributed by atoms with Gasteiger partial charge in [-0.15, -0.1) is 0 Å². The predicted molar refractivity (Wildman–Crippen MR) is 56.8 cm³/mol. The van der Waals surface area contributed by atoms with Gasteiger partial charge in [0.2, 0.25) is 0 Å². The van der Waals surface area contributed by atoms with Crippen LogP contribution in [-0.2, 0) is 0 Å². The van der Waals surface area contributed by atoms with Crippen LogP contribution in [0.3, 0.4) is 0 Å². The van der Waals surface area contributed by atoms with Gasteiger partial charge < -0.3 is 11.1 Å². The first kappa shape index (κ1) is 9.39. The van der Waals surface area contributed by atoms with Crippen molar-refractivity contribution in [2.75, 3.05) is 6.54 Å². The number of hydrogen-bond acceptors (Lipinski definition) is 2. The molecule has 3 N–H and O–H groups in total. The fourth-order valence-corrected chi connectivity index (χ4v) is 1.18. The van der Waals surface area contributed by atoms with Crippen molar-refractivity contribution in [3.63, 3.8) is 0 Å². The minimum absolute atomic E-state index is 0.689. The van der Waals surface area contributed by atoms with Gasteiger partial charge in [0.15, 0.2) is 0 Å². The lowest BCUT2D eigenvalue weighted by Gasteiger charge is -2.15. The van der Waals surface area contributed by atoms with Crippen LogP contribution in [0.4, 0.5) is 0 Å². The number of nitrogens with one attached hydrogen (secondary N) is 1. The van der Waals surface area contributed by atoms with Crippen LogP contribution in [-0.4, -0.2) is 6.54 Å². The molecule has 2 nitrogen and oxygen atoms in total. The first-order chi connectivity index (χ1) is 6.29. The highest BCUT2D eigenvalue weighted by Crippen LogP contribution is 2.13. The quantitative estimate of drug-likeness (QED) is 0.638. The van der Waals surface area contributed by atoms with Gasteiger partial charge >= 0.3 is 0 Å². The van der Waals surface area contributed by atoms with Crippen molar-refractivity contribution in [2.24, 2.45) is 5.73 Å². The van der Waals surface area contributed by atoms with Crippen LogP contribution in [0.1, 0.15) is 0 Å². The lowest BCUT2D eigenvalue weighted by Crippen LogP contribution is -2.22. The van der Waals surface area contributed by atoms with Gasteiger partial charge in [0.05, 0.1) is 11.4 Å². The third kappa shape index (κ3) is 2.12. The van der Waals surface area contributed by atoms with Crippen molar-refractivity contribution in [1.82, 2.24) is 5.32 Å². The second kappa shape index (κ2) is 4.36. The molecular weight excluding hydrogens is 160 g/mol. The number of hydrogen-bond donors (Lipinski definition) is 2. The average molecular weight is 174 g/mol. The summed E-state index contributed by atoms with van der Waals surface area (Å²) in [4.78, 5) is 0. The highest BCUT2D eigenvalue weighted by molar-refractivity contribution is 5.45. The molecule has 0 aromatic rings. The molecule has 0 radical (unpaired) electrons. The molecule has 13 heavy (non-hydrogen) atoms. The van der Waals surface area contributed by atoms with Crippen LogP contribution >= 0.6 is 0 Å². The predicted octanol–water partition coefficient (Wildman–Crippen LogP) is 1.61. The van der Waals surface area contributed by atoms with Crippen LogP contribution < -0.4 is 11.1 Å². The van der Waals surface area contributed by atoms with E-state index in [0.29, 0.717) is 5.70 Å². The van der Waals surface area contributed by atoms with E-state index in [-0.39, 0.29) is 0 Å². The van der Waals surface area contributed by atoms with E-state index < -0.39 is 0 Å². The largest absolute Gasteiger partial charge is 0.397 e. The van der Waals surface area contributed by atoms with Crippen molar-refractivity contribution in [3.8, 4) is 0 Å². The summed E-state index contributed by atoms with van der Waals surface area (Å²) in [5.41, 5.74) is 8.45. The molecule has 0 atom stereocenters. The van der Waals surface area contributed by atoms with Crippen molar-refractivity contribution in [3.05, 3.63) is 60.5 Å². The Balaban J connectivity index is 3.04. The van der Waals surface area contributed by atoms with Gasteiger partial charge in [-0.2, -0.15) is 0 Å². The summed E-state index contributed by atoms with van der Waals surface area (Å²) >= 11 is 0. The third-order valence-electron chi connectivity index (χ3n) is 1.79. The van der Waals surface area contributed by atoms with Gasteiger partial charge in [0, 0.05) is 6.54 Å². The maximum Gasteiger partial charge on any atom is 0.0649 e. The summed E-state index contributed by atoms with van der Waals surface area (Å²) < 4.78 is 0. The van der Waals surface area contributed by atoms with Crippen LogP contribution in [0.25, 0.3) is 0 Å². The fourth-order valence-electron chi connectivity index (χ4n) is 1.18. The van der Waals surface area contributed by atoms with E-state index in [1.165, 1.54) is 0 Å². The Morgan fingerprint density at radius 3 is 2.92 bits per heavy atom. The van der Waals surface area contributed by atoms with Crippen LogP contribution in [0.5, 0.6) is 0 Å². The monoisotopic (exact) mass is 174 g/mol. The van der Waals surface area contributed by atoms with E-state index in [9.17, 15) is 0 Å². The highest BCUT2D eigenvalue weighted by atomic mass is 14.9.